The fourth-order valence-electron chi connectivity index (χ4n) is 4.42. The maximum atomic E-state index is 11.8. The topological polar surface area (TPSA) is 93.5 Å². The number of anilines is 1. The van der Waals surface area contributed by atoms with Crippen LogP contribution in [0.4, 0.5) is 5.69 Å². The first kappa shape index (κ1) is 26.9. The molecule has 10 heteroatoms. The summed E-state index contributed by atoms with van der Waals surface area (Å²) in [4.78, 5) is 13.2. The molecule has 2 atom stereocenters. The molecular formula is C27H28ClN3O5S. The number of rotatable bonds is 7. The normalized spacial score (nSPS) is 15.8. The molecule has 0 saturated carbocycles. The van der Waals surface area contributed by atoms with Gasteiger partial charge >= 0.3 is 5.97 Å². The molecule has 1 aliphatic rings. The first-order chi connectivity index (χ1) is 17.8. The summed E-state index contributed by atoms with van der Waals surface area (Å²) in [6, 6.07) is 17.1. The van der Waals surface area contributed by atoms with E-state index in [4.69, 9.17) is 21.4 Å². The third-order valence-corrected chi connectivity index (χ3v) is 7.56. The van der Waals surface area contributed by atoms with E-state index in [9.17, 15) is 13.6 Å². The Morgan fingerprint density at radius 2 is 1.73 bits per heavy atom. The van der Waals surface area contributed by atoms with Crippen molar-refractivity contribution in [3.63, 3.8) is 0 Å². The van der Waals surface area contributed by atoms with Crippen molar-refractivity contribution in [2.75, 3.05) is 38.2 Å². The Morgan fingerprint density at radius 1 is 1.08 bits per heavy atom. The molecule has 37 heavy (non-hydrogen) atoms. The van der Waals surface area contributed by atoms with Crippen LogP contribution in [0.2, 0.25) is 5.02 Å². The van der Waals surface area contributed by atoms with Crippen LogP contribution in [0.25, 0.3) is 10.8 Å². The van der Waals surface area contributed by atoms with Gasteiger partial charge in [0.05, 0.1) is 18.6 Å². The lowest BCUT2D eigenvalue weighted by molar-refractivity contribution is -0.139. The SMILES string of the molecule is COc1ccc2cc(C#Cc3ccc(N4CCN(N(C(C)CC(=O)O)S(=O)O)CC4)cc3)ccc2c1Cl. The predicted molar refractivity (Wildman–Crippen MR) is 146 cm³/mol. The lowest BCUT2D eigenvalue weighted by atomic mass is 10.1. The highest BCUT2D eigenvalue weighted by molar-refractivity contribution is 7.76. The zero-order valence-corrected chi connectivity index (χ0v) is 22.1. The number of carboxylic acids is 1. The second kappa shape index (κ2) is 11.9. The van der Waals surface area contributed by atoms with Crippen LogP contribution in [0.3, 0.4) is 0 Å². The van der Waals surface area contributed by atoms with Crippen molar-refractivity contribution in [3.05, 3.63) is 70.7 Å². The Hall–Kier alpha value is -3.13. The molecule has 2 N–H and O–H groups in total. The average Bonchev–Trinajstić information content (AvgIpc) is 2.88. The Kier molecular flexibility index (Phi) is 8.69. The molecule has 3 aromatic rings. The summed E-state index contributed by atoms with van der Waals surface area (Å²) in [7, 11) is 1.59. The van der Waals surface area contributed by atoms with Gasteiger partial charge in [0, 0.05) is 54.4 Å². The summed E-state index contributed by atoms with van der Waals surface area (Å²) >= 11 is 4.11. The van der Waals surface area contributed by atoms with Gasteiger partial charge in [-0.05, 0) is 54.8 Å². The second-order valence-corrected chi connectivity index (χ2v) is 9.95. The number of carboxylic acid groups (broad SMARTS) is 1. The van der Waals surface area contributed by atoms with E-state index in [-0.39, 0.29) is 6.42 Å². The third-order valence-electron chi connectivity index (χ3n) is 6.26. The maximum absolute atomic E-state index is 11.8. The summed E-state index contributed by atoms with van der Waals surface area (Å²) < 4.78 is 28.1. The summed E-state index contributed by atoms with van der Waals surface area (Å²) in [5, 5.41) is 13.3. The van der Waals surface area contributed by atoms with Crippen LogP contribution in [0.15, 0.2) is 54.6 Å². The zero-order chi connectivity index (χ0) is 26.5. The molecule has 1 saturated heterocycles. The first-order valence-corrected chi connectivity index (χ1v) is 13.2. The quantitative estimate of drug-likeness (QED) is 0.341. The van der Waals surface area contributed by atoms with Gasteiger partial charge in [0.2, 0.25) is 11.3 Å². The number of fused-ring (bicyclic) bond motifs is 1. The molecule has 2 unspecified atom stereocenters. The van der Waals surface area contributed by atoms with Crippen LogP contribution in [0, 0.1) is 11.8 Å². The molecular weight excluding hydrogens is 514 g/mol. The molecule has 4 rings (SSSR count). The number of hydrogen-bond donors (Lipinski definition) is 2. The van der Waals surface area contributed by atoms with Crippen LogP contribution in [-0.2, 0) is 16.1 Å². The van der Waals surface area contributed by atoms with Crippen molar-refractivity contribution in [1.82, 2.24) is 9.42 Å². The molecule has 0 spiro atoms. The van der Waals surface area contributed by atoms with Crippen molar-refractivity contribution in [2.45, 2.75) is 19.4 Å². The Labute approximate surface area is 223 Å². The summed E-state index contributed by atoms with van der Waals surface area (Å²) in [6.45, 7) is 3.94. The Bertz CT molecular complexity index is 1360. The number of halogens is 1. The molecule has 1 aliphatic heterocycles. The van der Waals surface area contributed by atoms with E-state index in [0.29, 0.717) is 37.0 Å². The van der Waals surface area contributed by atoms with Crippen LogP contribution in [0.5, 0.6) is 5.75 Å². The predicted octanol–water partition coefficient (Wildman–Crippen LogP) is 4.24. The number of hydrogen-bond acceptors (Lipinski definition) is 5. The van der Waals surface area contributed by atoms with Gasteiger partial charge in [-0.1, -0.05) is 35.6 Å². The highest BCUT2D eigenvalue weighted by Crippen LogP contribution is 2.33. The molecule has 0 amide bonds. The third kappa shape index (κ3) is 6.42. The monoisotopic (exact) mass is 541 g/mol. The lowest BCUT2D eigenvalue weighted by Crippen LogP contribution is -2.57. The molecule has 0 radical (unpaired) electrons. The molecule has 0 aromatic heterocycles. The van der Waals surface area contributed by atoms with E-state index in [1.165, 1.54) is 4.41 Å². The van der Waals surface area contributed by atoms with Crippen LogP contribution in [0.1, 0.15) is 24.5 Å². The van der Waals surface area contributed by atoms with Gasteiger partial charge in [-0.15, -0.1) is 4.41 Å². The number of aliphatic carboxylic acids is 1. The molecule has 0 bridgehead atoms. The van der Waals surface area contributed by atoms with Gasteiger partial charge < -0.3 is 14.7 Å². The molecule has 194 valence electrons. The minimum atomic E-state index is -2.29. The zero-order valence-electron chi connectivity index (χ0n) is 20.6. The van der Waals surface area contributed by atoms with E-state index in [0.717, 1.165) is 27.6 Å². The van der Waals surface area contributed by atoms with Gasteiger partial charge in [-0.25, -0.2) is 9.22 Å². The minimum Gasteiger partial charge on any atom is -0.495 e. The van der Waals surface area contributed by atoms with E-state index in [1.807, 2.05) is 54.6 Å². The van der Waals surface area contributed by atoms with Crippen LogP contribution < -0.4 is 9.64 Å². The van der Waals surface area contributed by atoms with Crippen LogP contribution >= 0.6 is 11.6 Å². The Morgan fingerprint density at radius 3 is 2.35 bits per heavy atom. The molecule has 1 heterocycles. The van der Waals surface area contributed by atoms with Gasteiger partial charge in [0.25, 0.3) is 0 Å². The summed E-state index contributed by atoms with van der Waals surface area (Å²) in [6.07, 6.45) is -0.212. The highest BCUT2D eigenvalue weighted by atomic mass is 35.5. The highest BCUT2D eigenvalue weighted by Gasteiger charge is 2.30. The number of nitrogens with zero attached hydrogens (tertiary/aromatic N) is 3. The fraction of sp³-hybridized carbons (Fsp3) is 0.296. The number of methoxy groups -OCH3 is 1. The standard InChI is InChI=1S/C27H28ClN3O5S/c1-19(17-26(32)33)31(37(34)35)30-15-13-29(14-16-30)23-9-5-20(6-10-23)3-4-21-7-11-24-22(18-21)8-12-25(36-2)27(24)28/h5-12,18-19H,13-17H2,1-2H3,(H,32,33)(H,34,35). The van der Waals surface area contributed by atoms with E-state index < -0.39 is 23.3 Å². The lowest BCUT2D eigenvalue weighted by Gasteiger charge is -2.41. The number of piperazine rings is 1. The van der Waals surface area contributed by atoms with E-state index >= 15 is 0 Å². The number of benzene rings is 3. The van der Waals surface area contributed by atoms with Crippen molar-refractivity contribution in [2.24, 2.45) is 0 Å². The van der Waals surface area contributed by atoms with E-state index in [2.05, 4.69) is 16.7 Å². The van der Waals surface area contributed by atoms with Crippen molar-refractivity contribution >= 4 is 45.3 Å². The largest absolute Gasteiger partial charge is 0.495 e. The fourth-order valence-corrected chi connectivity index (χ4v) is 5.48. The second-order valence-electron chi connectivity index (χ2n) is 8.74. The molecule has 8 nitrogen and oxygen atoms in total. The van der Waals surface area contributed by atoms with Crippen molar-refractivity contribution < 1.29 is 23.4 Å². The number of hydrazine groups is 1. The van der Waals surface area contributed by atoms with Gasteiger partial charge in [0.1, 0.15) is 5.75 Å². The van der Waals surface area contributed by atoms with Gasteiger partial charge in [0.15, 0.2) is 0 Å². The molecule has 3 aromatic carbocycles. The maximum Gasteiger partial charge on any atom is 0.305 e. The minimum absolute atomic E-state index is 0.212. The smallest absolute Gasteiger partial charge is 0.305 e. The van der Waals surface area contributed by atoms with Gasteiger partial charge in [-0.2, -0.15) is 0 Å². The number of carbonyl (C=O) groups is 1. The molecule has 0 aliphatic carbocycles. The summed E-state index contributed by atoms with van der Waals surface area (Å²) in [5.74, 6) is 6.05. The molecule has 1 fully saturated rings. The Balaban J connectivity index is 1.40. The van der Waals surface area contributed by atoms with Crippen LogP contribution in [-0.4, -0.2) is 68.6 Å². The van der Waals surface area contributed by atoms with Crippen molar-refractivity contribution in [3.8, 4) is 17.6 Å². The van der Waals surface area contributed by atoms with Gasteiger partial charge in [-0.3, -0.25) is 9.35 Å². The number of ether oxygens (including phenoxy) is 1. The first-order valence-electron chi connectivity index (χ1n) is 11.8. The summed E-state index contributed by atoms with van der Waals surface area (Å²) in [5.41, 5.74) is 2.81. The van der Waals surface area contributed by atoms with Crippen molar-refractivity contribution in [1.29, 1.82) is 0 Å². The average molecular weight is 542 g/mol. The van der Waals surface area contributed by atoms with E-state index in [1.54, 1.807) is 19.0 Å².